The highest BCUT2D eigenvalue weighted by Gasteiger charge is 2.45. The maximum absolute atomic E-state index is 12.4. The third-order valence-electron chi connectivity index (χ3n) is 5.48. The number of aliphatic hydroxyl groups is 1. The quantitative estimate of drug-likeness (QED) is 0.782. The monoisotopic (exact) mass is 357 g/mol. The number of thioether (sulfide) groups is 1. The number of nitrogens with zero attached hydrogens (tertiary/aromatic N) is 1. The Labute approximate surface area is 149 Å². The van der Waals surface area contributed by atoms with Gasteiger partial charge in [-0.2, -0.15) is 11.8 Å². The van der Waals surface area contributed by atoms with Crippen molar-refractivity contribution in [3.8, 4) is 0 Å². The second-order valence-electron chi connectivity index (χ2n) is 8.53. The van der Waals surface area contributed by atoms with Crippen LogP contribution in [0.3, 0.4) is 0 Å². The standard InChI is InChI=1S/C18H31NO4S/c1-17(2,3)23-16(21)19-7-4-15(20)14(11-19)13-5-8-22-18(10-13)6-9-24-12-18/h13-15,20H,4-12H2,1-3H3. The number of likely N-dealkylation sites (tertiary alicyclic amines) is 1. The molecule has 0 bridgehead atoms. The lowest BCUT2D eigenvalue weighted by molar-refractivity contribution is -0.109. The fourth-order valence-corrected chi connectivity index (χ4v) is 5.60. The van der Waals surface area contributed by atoms with Crippen molar-refractivity contribution in [2.75, 3.05) is 31.2 Å². The topological polar surface area (TPSA) is 59.0 Å². The highest BCUT2D eigenvalue weighted by molar-refractivity contribution is 7.99. The van der Waals surface area contributed by atoms with E-state index < -0.39 is 5.60 Å². The molecule has 3 fully saturated rings. The first-order chi connectivity index (χ1) is 11.3. The van der Waals surface area contributed by atoms with E-state index in [9.17, 15) is 9.90 Å². The van der Waals surface area contributed by atoms with E-state index >= 15 is 0 Å². The molecule has 3 heterocycles. The number of ether oxygens (including phenoxy) is 2. The summed E-state index contributed by atoms with van der Waals surface area (Å²) in [6.45, 7) is 7.63. The van der Waals surface area contributed by atoms with Crippen molar-refractivity contribution in [1.82, 2.24) is 4.90 Å². The van der Waals surface area contributed by atoms with Crippen molar-refractivity contribution >= 4 is 17.9 Å². The molecule has 1 spiro atoms. The van der Waals surface area contributed by atoms with Crippen molar-refractivity contribution in [3.63, 3.8) is 0 Å². The summed E-state index contributed by atoms with van der Waals surface area (Å²) < 4.78 is 11.6. The van der Waals surface area contributed by atoms with Gasteiger partial charge in [-0.3, -0.25) is 0 Å². The zero-order chi connectivity index (χ0) is 17.4. The minimum Gasteiger partial charge on any atom is -0.444 e. The molecule has 24 heavy (non-hydrogen) atoms. The molecule has 3 aliphatic rings. The molecule has 3 rings (SSSR count). The first-order valence-corrected chi connectivity index (χ1v) is 10.3. The van der Waals surface area contributed by atoms with Gasteiger partial charge in [-0.15, -0.1) is 0 Å². The van der Waals surface area contributed by atoms with Gasteiger partial charge in [0, 0.05) is 31.4 Å². The van der Waals surface area contributed by atoms with Crippen LogP contribution in [0.2, 0.25) is 0 Å². The Bertz CT molecular complexity index is 458. The summed E-state index contributed by atoms with van der Waals surface area (Å²) in [5.74, 6) is 2.81. The molecule has 1 amide bonds. The molecule has 4 atom stereocenters. The van der Waals surface area contributed by atoms with Crippen LogP contribution in [0.15, 0.2) is 0 Å². The highest BCUT2D eigenvalue weighted by atomic mass is 32.2. The van der Waals surface area contributed by atoms with Gasteiger partial charge in [0.1, 0.15) is 5.60 Å². The number of hydrogen-bond donors (Lipinski definition) is 1. The molecular weight excluding hydrogens is 326 g/mol. The number of amides is 1. The number of carbonyl (C=O) groups excluding carboxylic acids is 1. The summed E-state index contributed by atoms with van der Waals surface area (Å²) in [4.78, 5) is 14.2. The Morgan fingerprint density at radius 2 is 2.17 bits per heavy atom. The van der Waals surface area contributed by atoms with Gasteiger partial charge in [0.2, 0.25) is 0 Å². The summed E-state index contributed by atoms with van der Waals surface area (Å²) in [5, 5.41) is 10.6. The summed E-state index contributed by atoms with van der Waals surface area (Å²) in [6, 6.07) is 0. The van der Waals surface area contributed by atoms with E-state index in [4.69, 9.17) is 9.47 Å². The van der Waals surface area contributed by atoms with Gasteiger partial charge < -0.3 is 19.5 Å². The minimum absolute atomic E-state index is 0.0154. The normalized spacial score (nSPS) is 37.7. The summed E-state index contributed by atoms with van der Waals surface area (Å²) >= 11 is 1.97. The average molecular weight is 358 g/mol. The fraction of sp³-hybridized carbons (Fsp3) is 0.944. The summed E-state index contributed by atoms with van der Waals surface area (Å²) in [5.41, 5.74) is -0.464. The summed E-state index contributed by atoms with van der Waals surface area (Å²) in [6.07, 6.45) is 3.19. The van der Waals surface area contributed by atoms with Crippen molar-refractivity contribution < 1.29 is 19.4 Å². The summed E-state index contributed by atoms with van der Waals surface area (Å²) in [7, 11) is 0. The van der Waals surface area contributed by atoms with E-state index in [2.05, 4.69) is 0 Å². The van der Waals surface area contributed by atoms with Crippen molar-refractivity contribution in [2.24, 2.45) is 11.8 Å². The predicted molar refractivity (Wildman–Crippen MR) is 95.3 cm³/mol. The largest absolute Gasteiger partial charge is 0.444 e. The van der Waals surface area contributed by atoms with E-state index in [0.717, 1.165) is 31.6 Å². The molecule has 0 aromatic rings. The third-order valence-corrected chi connectivity index (χ3v) is 6.70. The van der Waals surface area contributed by atoms with Gasteiger partial charge in [-0.05, 0) is 58.1 Å². The van der Waals surface area contributed by atoms with Crippen LogP contribution >= 0.6 is 11.8 Å². The predicted octanol–water partition coefficient (Wildman–Crippen LogP) is 2.91. The van der Waals surface area contributed by atoms with Crippen molar-refractivity contribution in [3.05, 3.63) is 0 Å². The van der Waals surface area contributed by atoms with Gasteiger partial charge in [-0.25, -0.2) is 4.79 Å². The van der Waals surface area contributed by atoms with Gasteiger partial charge in [0.05, 0.1) is 11.7 Å². The van der Waals surface area contributed by atoms with Crippen molar-refractivity contribution in [2.45, 2.75) is 63.8 Å². The smallest absolute Gasteiger partial charge is 0.410 e. The Balaban J connectivity index is 1.64. The molecule has 6 heteroatoms. The number of hydrogen-bond acceptors (Lipinski definition) is 5. The van der Waals surface area contributed by atoms with E-state index in [1.54, 1.807) is 4.90 Å². The Morgan fingerprint density at radius 1 is 1.38 bits per heavy atom. The van der Waals surface area contributed by atoms with Crippen LogP contribution in [0.1, 0.15) is 46.5 Å². The van der Waals surface area contributed by atoms with Crippen LogP contribution in [0.5, 0.6) is 0 Å². The maximum Gasteiger partial charge on any atom is 0.410 e. The fourth-order valence-electron chi connectivity index (χ4n) is 4.22. The number of aliphatic hydroxyl groups excluding tert-OH is 1. The van der Waals surface area contributed by atoms with Crippen LogP contribution in [-0.2, 0) is 9.47 Å². The van der Waals surface area contributed by atoms with E-state index in [0.29, 0.717) is 25.4 Å². The number of carbonyl (C=O) groups is 1. The van der Waals surface area contributed by atoms with E-state index in [1.165, 1.54) is 5.75 Å². The molecule has 3 aliphatic heterocycles. The molecule has 0 saturated carbocycles. The molecule has 0 radical (unpaired) electrons. The lowest BCUT2D eigenvalue weighted by Crippen LogP contribution is -2.52. The highest BCUT2D eigenvalue weighted by Crippen LogP contribution is 2.44. The second kappa shape index (κ2) is 7.04. The minimum atomic E-state index is -0.480. The lowest BCUT2D eigenvalue weighted by atomic mass is 9.74. The lowest BCUT2D eigenvalue weighted by Gasteiger charge is -2.45. The van der Waals surface area contributed by atoms with Crippen LogP contribution in [0.4, 0.5) is 4.79 Å². The first kappa shape index (κ1) is 18.3. The Morgan fingerprint density at radius 3 is 2.83 bits per heavy atom. The van der Waals surface area contributed by atoms with E-state index in [-0.39, 0.29) is 23.7 Å². The van der Waals surface area contributed by atoms with Gasteiger partial charge >= 0.3 is 6.09 Å². The molecule has 4 unspecified atom stereocenters. The Hall–Kier alpha value is -0.460. The molecule has 0 aromatic carbocycles. The molecule has 0 aromatic heterocycles. The molecule has 1 N–H and O–H groups in total. The van der Waals surface area contributed by atoms with Gasteiger partial charge in [-0.1, -0.05) is 0 Å². The maximum atomic E-state index is 12.4. The molecule has 5 nitrogen and oxygen atoms in total. The van der Waals surface area contributed by atoms with Gasteiger partial charge in [0.15, 0.2) is 0 Å². The van der Waals surface area contributed by atoms with Crippen LogP contribution in [0.25, 0.3) is 0 Å². The molecule has 0 aliphatic carbocycles. The van der Waals surface area contributed by atoms with E-state index in [1.807, 2.05) is 32.5 Å². The van der Waals surface area contributed by atoms with Crippen LogP contribution < -0.4 is 0 Å². The number of rotatable bonds is 1. The SMILES string of the molecule is CC(C)(C)OC(=O)N1CCC(O)C(C2CCOC3(CCSC3)C2)C1. The van der Waals surface area contributed by atoms with Crippen molar-refractivity contribution in [1.29, 1.82) is 0 Å². The average Bonchev–Trinajstić information content (AvgIpc) is 2.93. The molecule has 3 saturated heterocycles. The van der Waals surface area contributed by atoms with Gasteiger partial charge in [0.25, 0.3) is 0 Å². The molecular formula is C18H31NO4S. The zero-order valence-electron chi connectivity index (χ0n) is 15.1. The second-order valence-corrected chi connectivity index (χ2v) is 9.64. The number of piperidine rings is 1. The van der Waals surface area contributed by atoms with Crippen LogP contribution in [-0.4, -0.2) is 64.6 Å². The Kier molecular flexibility index (Phi) is 5.38. The third kappa shape index (κ3) is 4.20. The molecule has 138 valence electrons. The van der Waals surface area contributed by atoms with Crippen LogP contribution in [0, 0.1) is 11.8 Å². The zero-order valence-corrected chi connectivity index (χ0v) is 15.9. The first-order valence-electron chi connectivity index (χ1n) is 9.16.